The number of rotatable bonds is 10. The van der Waals surface area contributed by atoms with Crippen molar-refractivity contribution in [1.29, 1.82) is 0 Å². The zero-order valence-electron chi connectivity index (χ0n) is 77.0. The van der Waals surface area contributed by atoms with E-state index in [1.54, 1.807) is 9.13 Å². The molecule has 0 N–H and O–H groups in total. The number of anilines is 6. The monoisotopic (exact) mass is 1390 g/mol. The molecule has 0 spiro atoms. The van der Waals surface area contributed by atoms with Crippen LogP contribution in [0, 0.1) is 0 Å². The maximum atomic E-state index is 9.89. The van der Waals surface area contributed by atoms with Crippen molar-refractivity contribution >= 4 is 101 Å². The molecule has 0 atom stereocenters. The van der Waals surface area contributed by atoms with E-state index in [0.29, 0.717) is 22.7 Å². The van der Waals surface area contributed by atoms with Crippen LogP contribution >= 0.6 is 0 Å². The summed E-state index contributed by atoms with van der Waals surface area (Å²) in [6.07, 6.45) is 0. The van der Waals surface area contributed by atoms with Crippen LogP contribution in [-0.2, 0) is 16.2 Å². The number of nitrogens with zero attached hydrogens (tertiary/aromatic N) is 4. The van der Waals surface area contributed by atoms with Gasteiger partial charge in [0.15, 0.2) is 0 Å². The molecule has 4 nitrogen and oxygen atoms in total. The van der Waals surface area contributed by atoms with Crippen molar-refractivity contribution in [3.05, 3.63) is 356 Å². The van der Waals surface area contributed by atoms with Crippen molar-refractivity contribution in [3.8, 4) is 78.1 Å². The molecule has 0 amide bonds. The van der Waals surface area contributed by atoms with Gasteiger partial charge in [0.1, 0.15) is 0 Å². The van der Waals surface area contributed by atoms with Crippen molar-refractivity contribution < 1.29 is 21.9 Å². The Morgan fingerprint density at radius 1 is 0.252 bits per heavy atom. The lowest BCUT2D eigenvalue weighted by Gasteiger charge is -2.46. The van der Waals surface area contributed by atoms with E-state index in [1.807, 2.05) is 109 Å². The molecular formula is C102H83BN4. The highest BCUT2D eigenvalue weighted by atomic mass is 15.2. The summed E-state index contributed by atoms with van der Waals surface area (Å²) < 4.78 is 155. The Kier molecular flexibility index (Phi) is 11.8. The van der Waals surface area contributed by atoms with E-state index in [2.05, 4.69) is 206 Å². The van der Waals surface area contributed by atoms with Gasteiger partial charge < -0.3 is 18.9 Å². The SMILES string of the molecule is [2H]c1c([2H])c([2H])c2c(c1[2H])c1c([2H])c([2H])c([2H])c([2H])c1n2-c1ccc2c(c1)N(c1ccc(C(C)(C)C)cc1-c1cc(-c3ccccc3)cc(-c3ccccc3)c1)c1cc(C(C)(C)C)cc3c1B2c1ccc(-n2c4c([2H])c([2H])c([2H])c([2H])c4c4c([2H])c([2H])c([2H])c([2H])c42)cc1N3c1ccc(C(C)(C)C)cc1-c1cc(-c2ccccc2)cc(-c2ccccc2)c1. The molecule has 0 fully saturated rings. The van der Waals surface area contributed by atoms with Gasteiger partial charge in [-0.1, -0.05) is 280 Å². The van der Waals surface area contributed by atoms with Gasteiger partial charge in [-0.05, 0) is 226 Å². The average molecular weight is 1390 g/mol. The van der Waals surface area contributed by atoms with E-state index in [4.69, 9.17) is 5.48 Å². The van der Waals surface area contributed by atoms with E-state index < -0.39 is 120 Å². The van der Waals surface area contributed by atoms with Crippen molar-refractivity contribution in [2.24, 2.45) is 0 Å². The van der Waals surface area contributed by atoms with Gasteiger partial charge in [-0.3, -0.25) is 0 Å². The van der Waals surface area contributed by atoms with Crippen molar-refractivity contribution in [2.75, 3.05) is 9.80 Å². The molecule has 0 unspecified atom stereocenters. The summed E-state index contributed by atoms with van der Waals surface area (Å²) in [7, 11) is 0. The van der Waals surface area contributed by atoms with Crippen LogP contribution in [0.15, 0.2) is 339 Å². The largest absolute Gasteiger partial charge is 0.311 e. The minimum absolute atomic E-state index is 0.0474. The van der Waals surface area contributed by atoms with Crippen LogP contribution < -0.4 is 26.2 Å². The standard InChI is InChI=1S/C102H83BN4/c1-100(2,3)76-46-52-93(85(60-76)74-56-70(66-30-14-10-15-31-66)54-71(57-74)67-32-16-11-17-33-67)106-95-64-79(104-89-42-26-22-38-81(89)82-39-23-27-43-90(82)104)48-50-87(95)103-88-51-49-80(105-91-44-28-24-40-83(91)84-41-25-29-45-92(84)105)65-96(88)107(98-63-78(102(7,8)9)62-97(106)99(98)103)94-53-47-77(101(4,5)6)61-86(94)75-58-72(68-34-18-12-19-35-68)55-73(59-75)69-36-20-13-21-37-69/h10-65H,1-9H3/i22D,23D,24D,25D,26D,27D,28D,29D,38D,39D,40D,41D,42D,43D,44D,45D. The van der Waals surface area contributed by atoms with Crippen molar-refractivity contribution in [3.63, 3.8) is 0 Å². The van der Waals surface area contributed by atoms with Crippen LogP contribution in [0.2, 0.25) is 0 Å². The molecular weight excluding hydrogens is 1290 g/mol. The highest BCUT2D eigenvalue weighted by Gasteiger charge is 2.46. The molecule has 4 heterocycles. The minimum atomic E-state index is -0.753. The van der Waals surface area contributed by atoms with E-state index in [-0.39, 0.29) is 43.6 Å². The molecule has 0 saturated heterocycles. The first-order chi connectivity index (χ1) is 58.6. The van der Waals surface area contributed by atoms with E-state index in [1.165, 1.54) is 0 Å². The van der Waals surface area contributed by atoms with Crippen LogP contribution in [0.3, 0.4) is 0 Å². The number of hydrogen-bond acceptors (Lipinski definition) is 2. The van der Waals surface area contributed by atoms with Gasteiger partial charge in [0.05, 0.1) is 55.4 Å². The zero-order valence-corrected chi connectivity index (χ0v) is 61.0. The second kappa shape index (κ2) is 25.1. The van der Waals surface area contributed by atoms with Gasteiger partial charge in [-0.2, -0.15) is 0 Å². The third-order valence-corrected chi connectivity index (χ3v) is 21.6. The fourth-order valence-electron chi connectivity index (χ4n) is 16.2. The molecule has 5 heteroatoms. The van der Waals surface area contributed by atoms with Crippen molar-refractivity contribution in [1.82, 2.24) is 9.13 Å². The molecule has 0 saturated carbocycles. The van der Waals surface area contributed by atoms with E-state index >= 15 is 0 Å². The number of aromatic nitrogens is 2. The highest BCUT2D eigenvalue weighted by Crippen LogP contribution is 2.53. The molecule has 2 aliphatic rings. The molecule has 19 rings (SSSR count). The quantitative estimate of drug-likeness (QED) is 0.127. The molecule has 2 aromatic heterocycles. The Hall–Kier alpha value is -12.4. The summed E-state index contributed by atoms with van der Waals surface area (Å²) in [6.45, 7) is 19.0. The van der Waals surface area contributed by atoms with Gasteiger partial charge in [0, 0.05) is 66.8 Å². The van der Waals surface area contributed by atoms with E-state index in [9.17, 15) is 16.4 Å². The predicted octanol–water partition coefficient (Wildman–Crippen LogP) is 25.9. The summed E-state index contributed by atoms with van der Waals surface area (Å²) in [4.78, 5) is 4.63. The Balaban J connectivity index is 1.00. The first kappa shape index (κ1) is 50.1. The van der Waals surface area contributed by atoms with Gasteiger partial charge >= 0.3 is 0 Å². The second-order valence-corrected chi connectivity index (χ2v) is 31.4. The summed E-state index contributed by atoms with van der Waals surface area (Å²) in [6, 6.07) is 76.2. The summed E-state index contributed by atoms with van der Waals surface area (Å²) in [5.74, 6) is 0. The van der Waals surface area contributed by atoms with Crippen molar-refractivity contribution in [2.45, 2.75) is 78.6 Å². The van der Waals surface area contributed by atoms with Crippen LogP contribution in [0.25, 0.3) is 122 Å². The first-order valence-electron chi connectivity index (χ1n) is 44.5. The topological polar surface area (TPSA) is 16.3 Å². The van der Waals surface area contributed by atoms with Gasteiger partial charge in [0.2, 0.25) is 0 Å². The Labute approximate surface area is 651 Å². The predicted molar refractivity (Wildman–Crippen MR) is 458 cm³/mol. The number of fused-ring (bicyclic) bond motifs is 10. The van der Waals surface area contributed by atoms with Crippen LogP contribution in [-0.4, -0.2) is 15.8 Å². The normalized spacial score (nSPS) is 14.9. The van der Waals surface area contributed by atoms with Crippen LogP contribution in [0.4, 0.5) is 34.1 Å². The third-order valence-electron chi connectivity index (χ3n) is 21.6. The first-order valence-corrected chi connectivity index (χ1v) is 36.5. The molecule has 107 heavy (non-hydrogen) atoms. The van der Waals surface area contributed by atoms with Gasteiger partial charge in [-0.25, -0.2) is 0 Å². The molecule has 514 valence electrons. The van der Waals surface area contributed by atoms with Gasteiger partial charge in [0.25, 0.3) is 6.71 Å². The highest BCUT2D eigenvalue weighted by molar-refractivity contribution is 7.00. The third kappa shape index (κ3) is 11.1. The summed E-state index contributed by atoms with van der Waals surface area (Å²) in [5.41, 5.74) is 19.9. The molecule has 2 aliphatic heterocycles. The minimum Gasteiger partial charge on any atom is -0.311 e. The lowest BCUT2D eigenvalue weighted by molar-refractivity contribution is 0.590. The molecule has 17 aromatic rings. The summed E-state index contributed by atoms with van der Waals surface area (Å²) >= 11 is 0. The Morgan fingerprint density at radius 3 is 0.860 bits per heavy atom. The van der Waals surface area contributed by atoms with E-state index in [0.717, 1.165) is 123 Å². The maximum Gasteiger partial charge on any atom is 0.252 e. The second-order valence-electron chi connectivity index (χ2n) is 31.4. The lowest BCUT2D eigenvalue weighted by Crippen LogP contribution is -2.61. The molecule has 15 aromatic carbocycles. The number of para-hydroxylation sites is 4. The fourth-order valence-corrected chi connectivity index (χ4v) is 16.2. The summed E-state index contributed by atoms with van der Waals surface area (Å²) in [5, 5.41) is -0.280. The van der Waals surface area contributed by atoms with Gasteiger partial charge in [-0.15, -0.1) is 0 Å². The van der Waals surface area contributed by atoms with Crippen LogP contribution in [0.1, 0.15) is 101 Å². The maximum absolute atomic E-state index is 9.89. The molecule has 0 aliphatic carbocycles. The average Bonchev–Trinajstić information content (AvgIpc) is 1.62. The zero-order chi connectivity index (χ0) is 86.5. The molecule has 0 bridgehead atoms. The Morgan fingerprint density at radius 2 is 0.551 bits per heavy atom. The molecule has 0 radical (unpaired) electrons. The lowest BCUT2D eigenvalue weighted by atomic mass is 9.33. The van der Waals surface area contributed by atoms with Crippen LogP contribution in [0.5, 0.6) is 0 Å². The Bertz CT molecular complexity index is 6700. The fraction of sp³-hybridized carbons (Fsp3) is 0.118. The number of benzene rings is 15. The smallest absolute Gasteiger partial charge is 0.252 e. The number of hydrogen-bond donors (Lipinski definition) is 0.